The molecule has 2 amide bonds. The van der Waals surface area contributed by atoms with E-state index in [0.29, 0.717) is 60.8 Å². The third-order valence-corrected chi connectivity index (χ3v) is 6.70. The van der Waals surface area contributed by atoms with Crippen molar-refractivity contribution in [3.63, 3.8) is 0 Å². The van der Waals surface area contributed by atoms with Crippen LogP contribution in [0.2, 0.25) is 0 Å². The fourth-order valence-electron chi connectivity index (χ4n) is 4.79. The molecule has 10 heteroatoms. The number of nitrogens with one attached hydrogen (secondary N) is 2. The number of hydrogen-bond donors (Lipinski definition) is 3. The number of carbonyl (C=O) groups excluding carboxylic acids is 2. The van der Waals surface area contributed by atoms with Gasteiger partial charge in [0.05, 0.1) is 5.69 Å². The number of anilines is 1. The van der Waals surface area contributed by atoms with Crippen LogP contribution >= 0.6 is 0 Å². The van der Waals surface area contributed by atoms with E-state index in [1.54, 1.807) is 22.8 Å². The summed E-state index contributed by atoms with van der Waals surface area (Å²) in [6.07, 6.45) is 5.37. The number of carbonyl (C=O) groups is 2. The second-order valence-electron chi connectivity index (χ2n) is 9.04. The molecule has 1 aromatic carbocycles. The third kappa shape index (κ3) is 4.44. The molecule has 0 bridgehead atoms. The molecule has 2 aliphatic heterocycles. The van der Waals surface area contributed by atoms with Gasteiger partial charge in [-0.2, -0.15) is 9.61 Å². The van der Waals surface area contributed by atoms with Gasteiger partial charge in [0.15, 0.2) is 5.65 Å². The molecule has 0 saturated carbocycles. The Bertz CT molecular complexity index is 1230. The van der Waals surface area contributed by atoms with E-state index in [2.05, 4.69) is 20.7 Å². The van der Waals surface area contributed by atoms with Crippen LogP contribution in [0.4, 0.5) is 5.82 Å². The number of aromatic hydroxyl groups is 1. The van der Waals surface area contributed by atoms with Gasteiger partial charge in [0, 0.05) is 43.9 Å². The Labute approximate surface area is 199 Å². The van der Waals surface area contributed by atoms with E-state index in [4.69, 9.17) is 7.85 Å². The normalized spacial score (nSPS) is 20.8. The van der Waals surface area contributed by atoms with Gasteiger partial charge in [0.2, 0.25) is 11.8 Å². The molecule has 174 valence electrons. The molecule has 9 nitrogen and oxygen atoms in total. The number of amides is 2. The maximum absolute atomic E-state index is 12.8. The van der Waals surface area contributed by atoms with Gasteiger partial charge in [-0.25, -0.2) is 4.98 Å². The summed E-state index contributed by atoms with van der Waals surface area (Å²) in [6.45, 7) is 2.11. The number of hydrogen-bond acceptors (Lipinski definition) is 6. The van der Waals surface area contributed by atoms with E-state index < -0.39 is 0 Å². The number of likely N-dealkylation sites (tertiary alicyclic amines) is 1. The van der Waals surface area contributed by atoms with Gasteiger partial charge in [0.25, 0.3) is 0 Å². The molecule has 3 aromatic rings. The molecule has 2 saturated heterocycles. The van der Waals surface area contributed by atoms with Crippen molar-refractivity contribution < 1.29 is 14.7 Å². The highest BCUT2D eigenvalue weighted by atomic mass is 16.3. The Balaban J connectivity index is 1.29. The van der Waals surface area contributed by atoms with Gasteiger partial charge in [0.1, 0.15) is 25.5 Å². The van der Waals surface area contributed by atoms with Gasteiger partial charge < -0.3 is 20.6 Å². The number of rotatable bonds is 5. The lowest BCUT2D eigenvalue weighted by molar-refractivity contribution is -0.134. The summed E-state index contributed by atoms with van der Waals surface area (Å²) in [5.41, 5.74) is 2.22. The van der Waals surface area contributed by atoms with Crippen molar-refractivity contribution in [3.05, 3.63) is 36.5 Å². The lowest BCUT2D eigenvalue weighted by atomic mass is 10.00. The molecule has 2 aliphatic rings. The quantitative estimate of drug-likeness (QED) is 0.496. The van der Waals surface area contributed by atoms with Crippen LogP contribution in [-0.2, 0) is 9.59 Å². The highest BCUT2D eigenvalue weighted by Crippen LogP contribution is 2.29. The van der Waals surface area contributed by atoms with Crippen molar-refractivity contribution in [2.45, 2.75) is 38.1 Å². The molecule has 4 heterocycles. The highest BCUT2D eigenvalue weighted by Gasteiger charge is 2.31. The zero-order chi connectivity index (χ0) is 23.7. The minimum absolute atomic E-state index is 0.0367. The molecule has 2 radical (unpaired) electrons. The van der Waals surface area contributed by atoms with Crippen molar-refractivity contribution in [2.75, 3.05) is 25.0 Å². The molecule has 2 unspecified atom stereocenters. The van der Waals surface area contributed by atoms with Gasteiger partial charge in [-0.15, -0.1) is 0 Å². The number of benzene rings is 1. The van der Waals surface area contributed by atoms with Crippen molar-refractivity contribution in [2.24, 2.45) is 5.92 Å². The number of aromatic nitrogens is 3. The van der Waals surface area contributed by atoms with E-state index in [1.165, 1.54) is 0 Å². The summed E-state index contributed by atoms with van der Waals surface area (Å²) in [7, 11) is 6.09. The lowest BCUT2D eigenvalue weighted by Crippen LogP contribution is -2.44. The van der Waals surface area contributed by atoms with Crippen LogP contribution in [0.1, 0.15) is 32.1 Å². The van der Waals surface area contributed by atoms with E-state index in [-0.39, 0.29) is 23.6 Å². The van der Waals surface area contributed by atoms with Gasteiger partial charge in [-0.3, -0.25) is 9.59 Å². The molecule has 0 aliphatic carbocycles. The summed E-state index contributed by atoms with van der Waals surface area (Å²) >= 11 is 0. The van der Waals surface area contributed by atoms with Crippen LogP contribution in [0.15, 0.2) is 36.5 Å². The van der Waals surface area contributed by atoms with Gasteiger partial charge in [-0.1, -0.05) is 12.1 Å². The first kappa shape index (κ1) is 22.2. The molecular formula is C24H27BN6O3. The Hall–Kier alpha value is -3.56. The van der Waals surface area contributed by atoms with Gasteiger partial charge in [-0.05, 0) is 49.2 Å². The first-order chi connectivity index (χ1) is 16.5. The Morgan fingerprint density at radius 3 is 2.88 bits per heavy atom. The van der Waals surface area contributed by atoms with Crippen molar-refractivity contribution in [3.8, 4) is 17.0 Å². The minimum atomic E-state index is -0.370. The van der Waals surface area contributed by atoms with Crippen LogP contribution in [0.3, 0.4) is 0 Å². The van der Waals surface area contributed by atoms with Crippen molar-refractivity contribution >= 4 is 36.6 Å². The van der Waals surface area contributed by atoms with E-state index in [9.17, 15) is 14.7 Å². The maximum Gasteiger partial charge on any atom is 0.245 e. The molecule has 3 N–H and O–H groups in total. The zero-order valence-corrected chi connectivity index (χ0v) is 18.9. The molecule has 34 heavy (non-hydrogen) atoms. The van der Waals surface area contributed by atoms with Crippen LogP contribution in [0, 0.1) is 5.92 Å². The first-order valence-electron chi connectivity index (χ1n) is 11.7. The lowest BCUT2D eigenvalue weighted by Gasteiger charge is -2.24. The van der Waals surface area contributed by atoms with E-state index in [1.807, 2.05) is 23.1 Å². The van der Waals surface area contributed by atoms with Crippen LogP contribution < -0.4 is 16.1 Å². The first-order valence-corrected chi connectivity index (χ1v) is 11.7. The van der Waals surface area contributed by atoms with E-state index in [0.717, 1.165) is 25.1 Å². The molecule has 0 spiro atoms. The summed E-state index contributed by atoms with van der Waals surface area (Å²) in [4.78, 5) is 30.8. The summed E-state index contributed by atoms with van der Waals surface area (Å²) in [5, 5.41) is 20.9. The predicted molar refractivity (Wildman–Crippen MR) is 129 cm³/mol. The number of phenolic OH excluding ortho intramolecular Hbond substituents is 1. The topological polar surface area (TPSA) is 112 Å². The Kier molecular flexibility index (Phi) is 6.13. The van der Waals surface area contributed by atoms with Crippen LogP contribution in [0.25, 0.3) is 16.9 Å². The van der Waals surface area contributed by atoms with Crippen molar-refractivity contribution in [1.29, 1.82) is 0 Å². The van der Waals surface area contributed by atoms with Crippen molar-refractivity contribution in [1.82, 2.24) is 24.8 Å². The summed E-state index contributed by atoms with van der Waals surface area (Å²) in [5.74, 6) is 1.26. The van der Waals surface area contributed by atoms with Gasteiger partial charge >= 0.3 is 0 Å². The Morgan fingerprint density at radius 2 is 2.09 bits per heavy atom. The maximum atomic E-state index is 12.8. The fourth-order valence-corrected chi connectivity index (χ4v) is 4.79. The standard InChI is InChI=1S/C24H27BN6O3/c25-17-14-27-31-21(12-19(29-23(17)31)16-5-1-2-6-20(16)32)26-13-15-4-3-10-30(11-9-15)24(34)18-7-8-22(33)28-18/h1-2,5-6,12,14-15,18,26,32H,3-4,7-11,13H2,(H,28,33). The summed E-state index contributed by atoms with van der Waals surface area (Å²) in [6, 6.07) is 8.56. The number of phenols is 1. The van der Waals surface area contributed by atoms with Crippen LogP contribution in [0.5, 0.6) is 5.75 Å². The predicted octanol–water partition coefficient (Wildman–Crippen LogP) is 1.21. The average molecular weight is 458 g/mol. The summed E-state index contributed by atoms with van der Waals surface area (Å²) < 4.78 is 1.67. The van der Waals surface area contributed by atoms with E-state index >= 15 is 0 Å². The molecular weight excluding hydrogens is 431 g/mol. The second-order valence-corrected chi connectivity index (χ2v) is 9.04. The average Bonchev–Trinajstić information content (AvgIpc) is 3.35. The smallest absolute Gasteiger partial charge is 0.245 e. The fraction of sp³-hybridized carbons (Fsp3) is 0.417. The molecule has 5 rings (SSSR count). The monoisotopic (exact) mass is 458 g/mol. The number of nitrogens with zero attached hydrogens (tertiary/aromatic N) is 4. The highest BCUT2D eigenvalue weighted by molar-refractivity contribution is 6.36. The molecule has 2 atom stereocenters. The largest absolute Gasteiger partial charge is 0.507 e. The molecule has 2 fully saturated rings. The zero-order valence-electron chi connectivity index (χ0n) is 18.9. The number of fused-ring (bicyclic) bond motifs is 1. The minimum Gasteiger partial charge on any atom is -0.507 e. The Morgan fingerprint density at radius 1 is 1.24 bits per heavy atom. The third-order valence-electron chi connectivity index (χ3n) is 6.70. The number of para-hydroxylation sites is 1. The molecule has 2 aromatic heterocycles. The second kappa shape index (κ2) is 9.36. The van der Waals surface area contributed by atoms with Crippen LogP contribution in [-0.4, -0.2) is 69.9 Å². The SMILES string of the molecule is [B]c1cnn2c(NCC3CCCN(C(=O)C4CCC(=O)N4)CC3)cc(-c3ccccc3O)nc12.